The fraction of sp³-hybridized carbons (Fsp3) is 0.273. The van der Waals surface area contributed by atoms with Gasteiger partial charge in [-0.25, -0.2) is 9.67 Å². The van der Waals surface area contributed by atoms with Crippen LogP contribution in [-0.2, 0) is 0 Å². The van der Waals surface area contributed by atoms with E-state index in [1.54, 1.807) is 23.3 Å². The third-order valence-electron chi connectivity index (χ3n) is 2.60. The normalized spacial score (nSPS) is 15.0. The van der Waals surface area contributed by atoms with E-state index in [1.165, 1.54) is 19.0 Å². The molecule has 1 aliphatic rings. The zero-order valence-corrected chi connectivity index (χ0v) is 8.58. The number of hydrogen-bond donors (Lipinski definition) is 0. The van der Waals surface area contributed by atoms with Crippen LogP contribution in [0.3, 0.4) is 0 Å². The summed E-state index contributed by atoms with van der Waals surface area (Å²) in [6.45, 7) is 0. The van der Waals surface area contributed by atoms with Crippen molar-refractivity contribution in [1.82, 2.24) is 19.7 Å². The highest BCUT2D eigenvalue weighted by atomic mass is 16.1. The van der Waals surface area contributed by atoms with E-state index < -0.39 is 0 Å². The van der Waals surface area contributed by atoms with E-state index >= 15 is 0 Å². The Labute approximate surface area is 92.2 Å². The Kier molecular flexibility index (Phi) is 2.02. The maximum absolute atomic E-state index is 10.6. The van der Waals surface area contributed by atoms with Crippen LogP contribution in [0.4, 0.5) is 0 Å². The van der Waals surface area contributed by atoms with E-state index in [9.17, 15) is 4.79 Å². The molecule has 16 heavy (non-hydrogen) atoms. The van der Waals surface area contributed by atoms with Crippen molar-refractivity contribution in [2.45, 2.75) is 18.8 Å². The van der Waals surface area contributed by atoms with Gasteiger partial charge in [-0.3, -0.25) is 9.78 Å². The van der Waals surface area contributed by atoms with Crippen LogP contribution in [0.5, 0.6) is 0 Å². The molecule has 0 radical (unpaired) electrons. The molecule has 0 N–H and O–H groups in total. The molecule has 2 aromatic heterocycles. The fourth-order valence-corrected chi connectivity index (χ4v) is 1.56. The van der Waals surface area contributed by atoms with Crippen molar-refractivity contribution in [1.29, 1.82) is 0 Å². The molecule has 0 aliphatic heterocycles. The van der Waals surface area contributed by atoms with E-state index in [-0.39, 0.29) is 0 Å². The van der Waals surface area contributed by atoms with Gasteiger partial charge in [0.2, 0.25) is 0 Å². The zero-order valence-electron chi connectivity index (χ0n) is 8.58. The topological polar surface area (TPSA) is 60.7 Å². The van der Waals surface area contributed by atoms with Crippen LogP contribution >= 0.6 is 0 Å². The Morgan fingerprint density at radius 3 is 3.00 bits per heavy atom. The maximum atomic E-state index is 10.6. The second kappa shape index (κ2) is 3.52. The number of aromatic nitrogens is 4. The summed E-state index contributed by atoms with van der Waals surface area (Å²) in [6, 6.07) is 1.74. The van der Waals surface area contributed by atoms with Crippen molar-refractivity contribution >= 4 is 6.29 Å². The van der Waals surface area contributed by atoms with Crippen LogP contribution in [0, 0.1) is 0 Å². The average molecular weight is 214 g/mol. The SMILES string of the molecule is O=Cc1cncc(-n2cnc(C3CC3)n2)c1. The average Bonchev–Trinajstić information content (AvgIpc) is 3.07. The minimum Gasteiger partial charge on any atom is -0.298 e. The van der Waals surface area contributed by atoms with E-state index in [4.69, 9.17) is 0 Å². The molecule has 0 spiro atoms. The largest absolute Gasteiger partial charge is 0.298 e. The Morgan fingerprint density at radius 2 is 2.25 bits per heavy atom. The summed E-state index contributed by atoms with van der Waals surface area (Å²) in [5.41, 5.74) is 1.31. The highest BCUT2D eigenvalue weighted by Gasteiger charge is 2.27. The first-order valence-electron chi connectivity index (χ1n) is 5.19. The van der Waals surface area contributed by atoms with Crippen molar-refractivity contribution in [2.24, 2.45) is 0 Å². The van der Waals surface area contributed by atoms with Gasteiger partial charge in [0.1, 0.15) is 6.33 Å². The lowest BCUT2D eigenvalue weighted by Gasteiger charge is -1.99. The predicted octanol–water partition coefficient (Wildman–Crippen LogP) is 1.35. The molecule has 2 aromatic rings. The highest BCUT2D eigenvalue weighted by molar-refractivity contribution is 5.75. The lowest BCUT2D eigenvalue weighted by Crippen LogP contribution is -1.97. The molecule has 0 saturated heterocycles. The molecule has 5 heteroatoms. The number of carbonyl (C=O) groups excluding carboxylic acids is 1. The predicted molar refractivity (Wildman–Crippen MR) is 56.5 cm³/mol. The molecule has 3 rings (SSSR count). The quantitative estimate of drug-likeness (QED) is 0.723. The molecule has 0 bridgehead atoms. The van der Waals surface area contributed by atoms with Crippen molar-refractivity contribution in [3.05, 3.63) is 36.2 Å². The summed E-state index contributed by atoms with van der Waals surface area (Å²) >= 11 is 0. The molecule has 2 heterocycles. The minimum atomic E-state index is 0.531. The summed E-state index contributed by atoms with van der Waals surface area (Å²) in [7, 11) is 0. The molecule has 0 amide bonds. The number of aldehydes is 1. The molecule has 0 atom stereocenters. The minimum absolute atomic E-state index is 0.531. The van der Waals surface area contributed by atoms with E-state index in [0.29, 0.717) is 11.5 Å². The summed E-state index contributed by atoms with van der Waals surface area (Å²) in [6.07, 6.45) is 7.98. The van der Waals surface area contributed by atoms with Crippen LogP contribution in [0.25, 0.3) is 5.69 Å². The number of hydrogen-bond acceptors (Lipinski definition) is 4. The summed E-state index contributed by atoms with van der Waals surface area (Å²) in [4.78, 5) is 18.9. The smallest absolute Gasteiger partial charge is 0.154 e. The van der Waals surface area contributed by atoms with Crippen molar-refractivity contribution < 1.29 is 4.79 Å². The second-order valence-electron chi connectivity index (χ2n) is 3.92. The lowest BCUT2D eigenvalue weighted by atomic mass is 10.3. The third kappa shape index (κ3) is 1.60. The molecular weight excluding hydrogens is 204 g/mol. The third-order valence-corrected chi connectivity index (χ3v) is 2.60. The van der Waals surface area contributed by atoms with Gasteiger partial charge in [-0.05, 0) is 18.9 Å². The Balaban J connectivity index is 1.96. The molecule has 0 aromatic carbocycles. The van der Waals surface area contributed by atoms with Gasteiger partial charge in [-0.2, -0.15) is 5.10 Å². The van der Waals surface area contributed by atoms with Gasteiger partial charge in [0.15, 0.2) is 12.1 Å². The molecule has 0 unspecified atom stereocenters. The first-order chi connectivity index (χ1) is 7.86. The van der Waals surface area contributed by atoms with Crippen LogP contribution in [0.1, 0.15) is 34.9 Å². The molecule has 1 saturated carbocycles. The van der Waals surface area contributed by atoms with E-state index in [1.807, 2.05) is 0 Å². The van der Waals surface area contributed by atoms with Gasteiger partial charge >= 0.3 is 0 Å². The summed E-state index contributed by atoms with van der Waals surface area (Å²) < 4.78 is 1.66. The van der Waals surface area contributed by atoms with E-state index in [2.05, 4.69) is 15.1 Å². The standard InChI is InChI=1S/C11H10N4O/c16-6-8-3-10(5-12-4-8)15-7-13-11(14-15)9-1-2-9/h3-7,9H,1-2H2. The first-order valence-corrected chi connectivity index (χ1v) is 5.19. The monoisotopic (exact) mass is 214 g/mol. The molecule has 1 aliphatic carbocycles. The number of carbonyl (C=O) groups is 1. The van der Waals surface area contributed by atoms with Crippen molar-refractivity contribution in [3.8, 4) is 5.69 Å². The Morgan fingerprint density at radius 1 is 1.38 bits per heavy atom. The number of nitrogens with zero attached hydrogens (tertiary/aromatic N) is 4. The van der Waals surface area contributed by atoms with Gasteiger partial charge in [0.25, 0.3) is 0 Å². The first kappa shape index (κ1) is 9.21. The molecule has 80 valence electrons. The lowest BCUT2D eigenvalue weighted by molar-refractivity contribution is 0.112. The number of rotatable bonds is 3. The van der Waals surface area contributed by atoms with Gasteiger partial charge in [-0.15, -0.1) is 0 Å². The van der Waals surface area contributed by atoms with Gasteiger partial charge < -0.3 is 0 Å². The van der Waals surface area contributed by atoms with Gasteiger partial charge in [0, 0.05) is 17.7 Å². The van der Waals surface area contributed by atoms with Crippen molar-refractivity contribution in [3.63, 3.8) is 0 Å². The van der Waals surface area contributed by atoms with Crippen LogP contribution in [0.15, 0.2) is 24.8 Å². The van der Waals surface area contributed by atoms with Gasteiger partial charge in [-0.1, -0.05) is 0 Å². The van der Waals surface area contributed by atoms with Crippen molar-refractivity contribution in [2.75, 3.05) is 0 Å². The Bertz CT molecular complexity index is 530. The van der Waals surface area contributed by atoms with Gasteiger partial charge in [0.05, 0.1) is 11.9 Å². The van der Waals surface area contributed by atoms with E-state index in [0.717, 1.165) is 17.8 Å². The Hall–Kier alpha value is -2.04. The zero-order chi connectivity index (χ0) is 11.0. The molecular formula is C11H10N4O. The fourth-order valence-electron chi connectivity index (χ4n) is 1.56. The summed E-state index contributed by atoms with van der Waals surface area (Å²) in [5.74, 6) is 1.42. The molecule has 1 fully saturated rings. The summed E-state index contributed by atoms with van der Waals surface area (Å²) in [5, 5.41) is 4.37. The number of pyridine rings is 1. The second-order valence-corrected chi connectivity index (χ2v) is 3.92. The molecule has 5 nitrogen and oxygen atoms in total. The van der Waals surface area contributed by atoms with Crippen LogP contribution in [0.2, 0.25) is 0 Å². The maximum Gasteiger partial charge on any atom is 0.154 e. The van der Waals surface area contributed by atoms with Crippen LogP contribution in [-0.4, -0.2) is 26.0 Å². The highest BCUT2D eigenvalue weighted by Crippen LogP contribution is 2.37. The van der Waals surface area contributed by atoms with Crippen LogP contribution < -0.4 is 0 Å².